The van der Waals surface area contributed by atoms with E-state index in [0.717, 1.165) is 32.1 Å². The zero-order valence-electron chi connectivity index (χ0n) is 11.7. The highest BCUT2D eigenvalue weighted by molar-refractivity contribution is 6.43. The van der Waals surface area contributed by atoms with Crippen LogP contribution >= 0.6 is 0 Å². The van der Waals surface area contributed by atoms with Crippen LogP contribution in [0.2, 0.25) is 0 Å². The second-order valence-electron chi connectivity index (χ2n) is 4.57. The van der Waals surface area contributed by atoms with Crippen molar-refractivity contribution in [2.45, 2.75) is 45.6 Å². The summed E-state index contributed by atoms with van der Waals surface area (Å²) in [5.41, 5.74) is 1.34. The van der Waals surface area contributed by atoms with Crippen LogP contribution < -0.4 is 0 Å². The minimum atomic E-state index is -1.52. The largest absolute Gasteiger partial charge is 0.396 e. The van der Waals surface area contributed by atoms with Gasteiger partial charge in [-0.15, -0.1) is 0 Å². The van der Waals surface area contributed by atoms with Crippen molar-refractivity contribution in [1.29, 1.82) is 0 Å². The summed E-state index contributed by atoms with van der Waals surface area (Å²) in [6.07, 6.45) is 4.63. The SMILES string of the molecule is CCCCO[SiH](Cc1ccccc1)OCCCC. The smallest absolute Gasteiger partial charge is 0.325 e. The van der Waals surface area contributed by atoms with Crippen LogP contribution in [-0.2, 0) is 14.9 Å². The van der Waals surface area contributed by atoms with Crippen molar-refractivity contribution in [2.24, 2.45) is 0 Å². The van der Waals surface area contributed by atoms with Crippen molar-refractivity contribution in [3.05, 3.63) is 35.9 Å². The van der Waals surface area contributed by atoms with E-state index in [9.17, 15) is 0 Å². The lowest BCUT2D eigenvalue weighted by Crippen LogP contribution is -2.27. The Kier molecular flexibility index (Phi) is 8.82. The Hall–Kier alpha value is -0.643. The minimum Gasteiger partial charge on any atom is -0.396 e. The predicted molar refractivity (Wildman–Crippen MR) is 79.0 cm³/mol. The molecule has 2 nitrogen and oxygen atoms in total. The van der Waals surface area contributed by atoms with Gasteiger partial charge in [0.05, 0.1) is 0 Å². The Morgan fingerprint density at radius 3 is 1.94 bits per heavy atom. The molecule has 1 aromatic rings. The molecule has 0 N–H and O–H groups in total. The average Bonchev–Trinajstić information content (AvgIpc) is 2.40. The summed E-state index contributed by atoms with van der Waals surface area (Å²) in [6, 6.07) is 11.5. The average molecular weight is 266 g/mol. The van der Waals surface area contributed by atoms with Crippen molar-refractivity contribution in [3.63, 3.8) is 0 Å². The Balaban J connectivity index is 2.37. The Labute approximate surface area is 113 Å². The lowest BCUT2D eigenvalue weighted by Gasteiger charge is -2.16. The molecule has 0 amide bonds. The van der Waals surface area contributed by atoms with Gasteiger partial charge >= 0.3 is 9.28 Å². The first kappa shape index (κ1) is 15.4. The molecule has 0 bridgehead atoms. The first-order chi connectivity index (χ1) is 8.86. The summed E-state index contributed by atoms with van der Waals surface area (Å²) in [5.74, 6) is 0. The third-order valence-corrected chi connectivity index (χ3v) is 4.87. The molecule has 0 atom stereocenters. The van der Waals surface area contributed by atoms with Crippen molar-refractivity contribution >= 4 is 9.28 Å². The normalized spacial score (nSPS) is 11.1. The van der Waals surface area contributed by atoms with Crippen LogP contribution in [0, 0.1) is 0 Å². The van der Waals surface area contributed by atoms with Gasteiger partial charge in [-0.1, -0.05) is 57.0 Å². The highest BCUT2D eigenvalue weighted by Crippen LogP contribution is 2.06. The van der Waals surface area contributed by atoms with Crippen LogP contribution in [0.3, 0.4) is 0 Å². The highest BCUT2D eigenvalue weighted by Gasteiger charge is 2.13. The molecule has 0 saturated heterocycles. The molecule has 0 aromatic heterocycles. The van der Waals surface area contributed by atoms with Crippen molar-refractivity contribution < 1.29 is 8.85 Å². The summed E-state index contributed by atoms with van der Waals surface area (Å²) in [4.78, 5) is 0. The number of rotatable bonds is 10. The maximum absolute atomic E-state index is 5.95. The van der Waals surface area contributed by atoms with Gasteiger partial charge in [-0.05, 0) is 18.4 Å². The van der Waals surface area contributed by atoms with E-state index in [1.54, 1.807) is 0 Å². The number of hydrogen-bond donors (Lipinski definition) is 0. The highest BCUT2D eigenvalue weighted by atomic mass is 28.3. The Morgan fingerprint density at radius 1 is 0.889 bits per heavy atom. The van der Waals surface area contributed by atoms with Crippen molar-refractivity contribution in [3.8, 4) is 0 Å². The molecule has 1 rings (SSSR count). The van der Waals surface area contributed by atoms with Gasteiger partial charge in [-0.3, -0.25) is 0 Å². The van der Waals surface area contributed by atoms with Gasteiger partial charge < -0.3 is 8.85 Å². The molecule has 3 heteroatoms. The molecule has 0 saturated carbocycles. The van der Waals surface area contributed by atoms with Crippen LogP contribution in [0.5, 0.6) is 0 Å². The van der Waals surface area contributed by atoms with E-state index in [2.05, 4.69) is 44.2 Å². The standard InChI is InChI=1S/C15H26O2Si/c1-3-5-12-16-18(17-13-6-4-2)14-15-10-8-7-9-11-15/h7-11,18H,3-6,12-14H2,1-2H3. The maximum atomic E-state index is 5.95. The molecule has 0 unspecified atom stereocenters. The van der Waals surface area contributed by atoms with Crippen molar-refractivity contribution in [1.82, 2.24) is 0 Å². The first-order valence-electron chi connectivity index (χ1n) is 7.14. The van der Waals surface area contributed by atoms with Crippen LogP contribution in [0.25, 0.3) is 0 Å². The molecule has 0 spiro atoms. The zero-order chi connectivity index (χ0) is 13.1. The molecule has 0 heterocycles. The van der Waals surface area contributed by atoms with E-state index in [4.69, 9.17) is 8.85 Å². The third kappa shape index (κ3) is 6.94. The molecule has 0 fully saturated rings. The molecule has 18 heavy (non-hydrogen) atoms. The summed E-state index contributed by atoms with van der Waals surface area (Å²) in [5, 5.41) is 0. The molecule has 0 radical (unpaired) electrons. The fraction of sp³-hybridized carbons (Fsp3) is 0.600. The van der Waals surface area contributed by atoms with E-state index in [1.807, 2.05) is 0 Å². The predicted octanol–water partition coefficient (Wildman–Crippen LogP) is 3.62. The van der Waals surface area contributed by atoms with Gasteiger partial charge in [0, 0.05) is 19.3 Å². The number of benzene rings is 1. The van der Waals surface area contributed by atoms with Gasteiger partial charge in [0.25, 0.3) is 0 Å². The third-order valence-electron chi connectivity index (χ3n) is 2.85. The van der Waals surface area contributed by atoms with Crippen LogP contribution in [-0.4, -0.2) is 22.5 Å². The van der Waals surface area contributed by atoms with Crippen molar-refractivity contribution in [2.75, 3.05) is 13.2 Å². The molecule has 0 aliphatic rings. The van der Waals surface area contributed by atoms with Gasteiger partial charge in [-0.2, -0.15) is 0 Å². The van der Waals surface area contributed by atoms with Gasteiger partial charge in [-0.25, -0.2) is 0 Å². The second kappa shape index (κ2) is 10.3. The Morgan fingerprint density at radius 2 is 1.44 bits per heavy atom. The van der Waals surface area contributed by atoms with E-state index in [1.165, 1.54) is 18.4 Å². The van der Waals surface area contributed by atoms with E-state index < -0.39 is 9.28 Å². The fourth-order valence-electron chi connectivity index (χ4n) is 1.69. The first-order valence-corrected chi connectivity index (χ1v) is 8.89. The van der Waals surface area contributed by atoms with E-state index >= 15 is 0 Å². The van der Waals surface area contributed by atoms with Crippen LogP contribution in [0.1, 0.15) is 45.1 Å². The zero-order valence-corrected chi connectivity index (χ0v) is 12.9. The van der Waals surface area contributed by atoms with Gasteiger partial charge in [0.2, 0.25) is 0 Å². The summed E-state index contributed by atoms with van der Waals surface area (Å²) in [7, 11) is -1.52. The molecule has 1 aromatic carbocycles. The van der Waals surface area contributed by atoms with Gasteiger partial charge in [0.1, 0.15) is 0 Å². The van der Waals surface area contributed by atoms with Gasteiger partial charge in [0.15, 0.2) is 0 Å². The summed E-state index contributed by atoms with van der Waals surface area (Å²) >= 11 is 0. The lowest BCUT2D eigenvalue weighted by atomic mass is 10.2. The topological polar surface area (TPSA) is 18.5 Å². The molecule has 102 valence electrons. The summed E-state index contributed by atoms with van der Waals surface area (Å²) < 4.78 is 11.9. The quantitative estimate of drug-likeness (QED) is 0.476. The molecule has 0 aliphatic heterocycles. The molecular weight excluding hydrogens is 240 g/mol. The Bertz CT molecular complexity index is 280. The minimum absolute atomic E-state index is 0.854. The summed E-state index contributed by atoms with van der Waals surface area (Å²) in [6.45, 7) is 6.09. The monoisotopic (exact) mass is 266 g/mol. The van der Waals surface area contributed by atoms with Crippen LogP contribution in [0.4, 0.5) is 0 Å². The lowest BCUT2D eigenvalue weighted by molar-refractivity contribution is 0.191. The molecular formula is C15H26O2Si. The fourth-order valence-corrected chi connectivity index (χ4v) is 3.54. The number of unbranched alkanes of at least 4 members (excludes halogenated alkanes) is 2. The maximum Gasteiger partial charge on any atom is 0.325 e. The second-order valence-corrected chi connectivity index (χ2v) is 6.50. The van der Waals surface area contributed by atoms with E-state index in [0.29, 0.717) is 0 Å². The molecule has 0 aliphatic carbocycles. The number of hydrogen-bond acceptors (Lipinski definition) is 2. The van der Waals surface area contributed by atoms with E-state index in [-0.39, 0.29) is 0 Å². The van der Waals surface area contributed by atoms with Crippen LogP contribution in [0.15, 0.2) is 30.3 Å².